The molecule has 2 heterocycles. The van der Waals surface area contributed by atoms with Crippen LogP contribution in [-0.4, -0.2) is 34.8 Å². The van der Waals surface area contributed by atoms with Crippen molar-refractivity contribution in [1.82, 2.24) is 14.6 Å². The Morgan fingerprint density at radius 1 is 1.06 bits per heavy atom. The van der Waals surface area contributed by atoms with Crippen LogP contribution in [0, 0.1) is 18.6 Å². The van der Waals surface area contributed by atoms with Gasteiger partial charge in [-0.25, -0.2) is 17.2 Å². The van der Waals surface area contributed by atoms with E-state index in [0.717, 1.165) is 12.1 Å². The second-order valence-corrected chi connectivity index (χ2v) is 10.3. The van der Waals surface area contributed by atoms with E-state index >= 15 is 0 Å². The summed E-state index contributed by atoms with van der Waals surface area (Å²) >= 11 is 0. The van der Waals surface area contributed by atoms with Crippen molar-refractivity contribution in [2.45, 2.75) is 33.7 Å². The number of benzene rings is 2. The molecule has 0 bridgehead atoms. The van der Waals surface area contributed by atoms with Gasteiger partial charge in [-0.2, -0.15) is 0 Å². The lowest BCUT2D eigenvalue weighted by atomic mass is 10.0. The maximum Gasteiger partial charge on any atom is 0.232 e. The van der Waals surface area contributed by atoms with Gasteiger partial charge < -0.3 is 10.1 Å². The van der Waals surface area contributed by atoms with Crippen molar-refractivity contribution >= 4 is 27.0 Å². The monoisotopic (exact) mass is 501 g/mol. The summed E-state index contributed by atoms with van der Waals surface area (Å²) in [6.07, 6.45) is 1.79. The standard InChI is InChI=1S/C24H25F2N5O3S/c1-5-35(32,33)30-18-7-9-22(34-23-8-6-17(25)11-20(23)26)19(12-18)16-10-21(27-14(2)3)24-29-28-15(4)31(24)13-16/h6-14,27,30H,5H2,1-4H3. The minimum atomic E-state index is -3.54. The maximum atomic E-state index is 14.4. The fraction of sp³-hybridized carbons (Fsp3) is 0.250. The zero-order valence-electron chi connectivity index (χ0n) is 19.6. The summed E-state index contributed by atoms with van der Waals surface area (Å²) in [5, 5.41) is 11.7. The molecule has 8 nitrogen and oxygen atoms in total. The fourth-order valence-corrected chi connectivity index (χ4v) is 4.14. The van der Waals surface area contributed by atoms with Gasteiger partial charge in [-0.3, -0.25) is 9.12 Å². The molecule has 0 unspecified atom stereocenters. The fourth-order valence-electron chi connectivity index (χ4n) is 3.50. The highest BCUT2D eigenvalue weighted by molar-refractivity contribution is 7.92. The molecule has 0 fully saturated rings. The van der Waals surface area contributed by atoms with Crippen LogP contribution < -0.4 is 14.8 Å². The maximum absolute atomic E-state index is 14.4. The van der Waals surface area contributed by atoms with Crippen LogP contribution in [0.2, 0.25) is 0 Å². The number of nitrogens with one attached hydrogen (secondary N) is 2. The minimum absolute atomic E-state index is 0.0952. The molecule has 0 aliphatic carbocycles. The molecule has 0 aliphatic heterocycles. The van der Waals surface area contributed by atoms with Gasteiger partial charge in [-0.15, -0.1) is 10.2 Å². The summed E-state index contributed by atoms with van der Waals surface area (Å²) in [4.78, 5) is 0. The number of pyridine rings is 1. The Balaban J connectivity index is 1.90. The van der Waals surface area contributed by atoms with Crippen molar-refractivity contribution in [2.24, 2.45) is 0 Å². The SMILES string of the molecule is CCS(=O)(=O)Nc1ccc(Oc2ccc(F)cc2F)c(-c2cc(NC(C)C)c3nnc(C)n3c2)c1. The second kappa shape index (κ2) is 9.49. The number of nitrogens with zero attached hydrogens (tertiary/aromatic N) is 3. The van der Waals surface area contributed by atoms with Crippen molar-refractivity contribution in [3.8, 4) is 22.6 Å². The number of aryl methyl sites for hydroxylation is 1. The van der Waals surface area contributed by atoms with E-state index in [4.69, 9.17) is 4.74 Å². The van der Waals surface area contributed by atoms with Gasteiger partial charge >= 0.3 is 0 Å². The topological polar surface area (TPSA) is 97.6 Å². The molecule has 11 heteroatoms. The lowest BCUT2D eigenvalue weighted by molar-refractivity contribution is 0.439. The first-order chi connectivity index (χ1) is 16.6. The third kappa shape index (κ3) is 5.35. The van der Waals surface area contributed by atoms with Gasteiger partial charge in [0.15, 0.2) is 17.2 Å². The number of aromatic nitrogens is 3. The third-order valence-electron chi connectivity index (χ3n) is 5.18. The predicted molar refractivity (Wildman–Crippen MR) is 131 cm³/mol. The molecule has 2 N–H and O–H groups in total. The predicted octanol–water partition coefficient (Wildman–Crippen LogP) is 5.36. The van der Waals surface area contributed by atoms with Crippen LogP contribution in [0.25, 0.3) is 16.8 Å². The van der Waals surface area contributed by atoms with Crippen LogP contribution in [0.3, 0.4) is 0 Å². The van der Waals surface area contributed by atoms with Crippen molar-refractivity contribution in [3.05, 3.63) is 66.1 Å². The number of hydrogen-bond donors (Lipinski definition) is 2. The summed E-state index contributed by atoms with van der Waals surface area (Å²) < 4.78 is 62.2. The lowest BCUT2D eigenvalue weighted by Gasteiger charge is -2.17. The molecule has 0 amide bonds. The van der Waals surface area contributed by atoms with Crippen LogP contribution in [0.1, 0.15) is 26.6 Å². The zero-order chi connectivity index (χ0) is 25.3. The molecule has 35 heavy (non-hydrogen) atoms. The average Bonchev–Trinajstić information content (AvgIpc) is 3.17. The van der Waals surface area contributed by atoms with Crippen LogP contribution in [0.4, 0.5) is 20.2 Å². The molecule has 4 rings (SSSR count). The van der Waals surface area contributed by atoms with E-state index in [-0.39, 0.29) is 23.3 Å². The number of hydrogen-bond acceptors (Lipinski definition) is 6. The Hall–Kier alpha value is -3.73. The summed E-state index contributed by atoms with van der Waals surface area (Å²) in [7, 11) is -3.54. The minimum Gasteiger partial charge on any atom is -0.454 e. The van der Waals surface area contributed by atoms with E-state index < -0.39 is 21.7 Å². The molecule has 0 aliphatic rings. The molecule has 2 aromatic carbocycles. The molecule has 2 aromatic heterocycles. The van der Waals surface area contributed by atoms with Crippen LogP contribution >= 0.6 is 0 Å². The van der Waals surface area contributed by atoms with Crippen LogP contribution in [0.15, 0.2) is 48.7 Å². The lowest BCUT2D eigenvalue weighted by Crippen LogP contribution is -2.14. The molecule has 0 spiro atoms. The van der Waals surface area contributed by atoms with Crippen LogP contribution in [-0.2, 0) is 10.0 Å². The Labute approximate surface area is 202 Å². The number of anilines is 2. The molecule has 0 saturated carbocycles. The number of fused-ring (bicyclic) bond motifs is 1. The molecule has 0 radical (unpaired) electrons. The van der Waals surface area contributed by atoms with Gasteiger partial charge in [0.25, 0.3) is 0 Å². The van der Waals surface area contributed by atoms with Gasteiger partial charge in [-0.1, -0.05) is 0 Å². The van der Waals surface area contributed by atoms with Crippen molar-refractivity contribution in [3.63, 3.8) is 0 Å². The number of halogens is 2. The summed E-state index contributed by atoms with van der Waals surface area (Å²) in [5.74, 6) is -0.970. The summed E-state index contributed by atoms with van der Waals surface area (Å²) in [6, 6.07) is 9.61. The first kappa shape index (κ1) is 24.4. The Morgan fingerprint density at radius 3 is 2.49 bits per heavy atom. The van der Waals surface area contributed by atoms with Gasteiger partial charge in [0.05, 0.1) is 11.4 Å². The number of sulfonamides is 1. The van der Waals surface area contributed by atoms with Crippen molar-refractivity contribution in [2.75, 3.05) is 15.8 Å². The zero-order valence-corrected chi connectivity index (χ0v) is 20.5. The highest BCUT2D eigenvalue weighted by atomic mass is 32.2. The van der Waals surface area contributed by atoms with Crippen LogP contribution in [0.5, 0.6) is 11.5 Å². The Morgan fingerprint density at radius 2 is 1.80 bits per heavy atom. The van der Waals surface area contributed by atoms with Crippen molar-refractivity contribution < 1.29 is 21.9 Å². The normalized spacial score (nSPS) is 11.7. The highest BCUT2D eigenvalue weighted by Crippen LogP contribution is 2.38. The van der Waals surface area contributed by atoms with Crippen molar-refractivity contribution in [1.29, 1.82) is 0 Å². The van der Waals surface area contributed by atoms with Gasteiger partial charge in [0.1, 0.15) is 17.4 Å². The first-order valence-electron chi connectivity index (χ1n) is 11.0. The largest absolute Gasteiger partial charge is 0.454 e. The van der Waals surface area contributed by atoms with E-state index in [0.29, 0.717) is 34.0 Å². The molecular formula is C24H25F2N5O3S. The smallest absolute Gasteiger partial charge is 0.232 e. The molecule has 0 saturated heterocycles. The van der Waals surface area contributed by atoms with E-state index in [2.05, 4.69) is 20.2 Å². The van der Waals surface area contributed by atoms with Gasteiger partial charge in [0, 0.05) is 35.1 Å². The average molecular weight is 502 g/mol. The third-order valence-corrected chi connectivity index (χ3v) is 6.48. The number of rotatable bonds is 8. The Kier molecular flexibility index (Phi) is 6.62. The number of ether oxygens (including phenoxy) is 1. The molecule has 184 valence electrons. The highest BCUT2D eigenvalue weighted by Gasteiger charge is 2.18. The van der Waals surface area contributed by atoms with Gasteiger partial charge in [-0.05, 0) is 64.1 Å². The molecular weight excluding hydrogens is 476 g/mol. The van der Waals surface area contributed by atoms with E-state index in [1.165, 1.54) is 25.1 Å². The molecule has 0 atom stereocenters. The van der Waals surface area contributed by atoms with E-state index in [9.17, 15) is 17.2 Å². The molecule has 4 aromatic rings. The Bertz CT molecular complexity index is 1500. The summed E-state index contributed by atoms with van der Waals surface area (Å²) in [6.45, 7) is 7.31. The summed E-state index contributed by atoms with van der Waals surface area (Å²) in [5.41, 5.74) is 2.75. The second-order valence-electron chi connectivity index (χ2n) is 8.28. The van der Waals surface area contributed by atoms with E-state index in [1.807, 2.05) is 19.9 Å². The quantitative estimate of drug-likeness (QED) is 0.338. The van der Waals surface area contributed by atoms with Gasteiger partial charge in [0.2, 0.25) is 10.0 Å². The first-order valence-corrected chi connectivity index (χ1v) is 12.6. The van der Waals surface area contributed by atoms with E-state index in [1.54, 1.807) is 23.6 Å².